The SMILES string of the molecule is CCn1cc(-c2cc(OS(=O)(=O)C(F)(F)F)c3c(C#N)cnn3c2)cn1. The number of rotatable bonds is 4. The van der Waals surface area contributed by atoms with Crippen LogP contribution in [0.1, 0.15) is 12.5 Å². The van der Waals surface area contributed by atoms with Crippen LogP contribution >= 0.6 is 0 Å². The quantitative estimate of drug-likeness (QED) is 0.504. The fourth-order valence-electron chi connectivity index (χ4n) is 2.24. The molecule has 0 saturated carbocycles. The van der Waals surface area contributed by atoms with Gasteiger partial charge in [0, 0.05) is 30.1 Å². The van der Waals surface area contributed by atoms with Crippen molar-refractivity contribution in [2.45, 2.75) is 19.0 Å². The van der Waals surface area contributed by atoms with Crippen LogP contribution < -0.4 is 4.18 Å². The van der Waals surface area contributed by atoms with Crippen LogP contribution in [0.3, 0.4) is 0 Å². The van der Waals surface area contributed by atoms with E-state index in [1.54, 1.807) is 16.9 Å². The molecule has 0 N–H and O–H groups in total. The van der Waals surface area contributed by atoms with Gasteiger partial charge in [-0.2, -0.15) is 37.0 Å². The lowest BCUT2D eigenvalue weighted by molar-refractivity contribution is -0.0499. The van der Waals surface area contributed by atoms with E-state index in [0.717, 1.165) is 16.8 Å². The second kappa shape index (κ2) is 6.03. The van der Waals surface area contributed by atoms with Gasteiger partial charge in [0.2, 0.25) is 0 Å². The van der Waals surface area contributed by atoms with Gasteiger partial charge in [-0.3, -0.25) is 4.68 Å². The van der Waals surface area contributed by atoms with Crippen LogP contribution in [0.4, 0.5) is 13.2 Å². The van der Waals surface area contributed by atoms with Crippen molar-refractivity contribution in [1.29, 1.82) is 5.26 Å². The van der Waals surface area contributed by atoms with Gasteiger partial charge in [-0.15, -0.1) is 0 Å². The van der Waals surface area contributed by atoms with Gasteiger partial charge in [-0.1, -0.05) is 0 Å². The molecule has 0 radical (unpaired) electrons. The molecule has 0 atom stereocenters. The first-order valence-corrected chi connectivity index (χ1v) is 8.52. The van der Waals surface area contributed by atoms with Gasteiger partial charge < -0.3 is 4.18 Å². The zero-order chi connectivity index (χ0) is 19.1. The Bertz CT molecular complexity index is 1130. The number of pyridine rings is 1. The molecular formula is C14H10F3N5O3S. The van der Waals surface area contributed by atoms with Crippen LogP contribution in [0.15, 0.2) is 30.9 Å². The molecule has 0 spiro atoms. The Balaban J connectivity index is 2.21. The number of aryl methyl sites for hydroxylation is 1. The molecule has 0 aliphatic carbocycles. The third kappa shape index (κ3) is 2.97. The molecule has 0 amide bonds. The second-order valence-corrected chi connectivity index (χ2v) is 6.66. The molecule has 0 saturated heterocycles. The van der Waals surface area contributed by atoms with E-state index in [1.807, 2.05) is 6.92 Å². The molecule has 8 nitrogen and oxygen atoms in total. The molecule has 0 unspecified atom stereocenters. The summed E-state index contributed by atoms with van der Waals surface area (Å²) in [6, 6.07) is 2.83. The Morgan fingerprint density at radius 1 is 1.23 bits per heavy atom. The summed E-state index contributed by atoms with van der Waals surface area (Å²) < 4.78 is 67.8. The third-order valence-electron chi connectivity index (χ3n) is 3.47. The van der Waals surface area contributed by atoms with Crippen LogP contribution in [-0.4, -0.2) is 33.3 Å². The molecule has 136 valence electrons. The van der Waals surface area contributed by atoms with E-state index in [0.29, 0.717) is 17.7 Å². The predicted octanol–water partition coefficient (Wildman–Crippen LogP) is 2.32. The summed E-state index contributed by atoms with van der Waals surface area (Å²) in [5.41, 5.74) is -5.10. The largest absolute Gasteiger partial charge is 0.534 e. The Labute approximate surface area is 145 Å². The maximum atomic E-state index is 12.7. The summed E-state index contributed by atoms with van der Waals surface area (Å²) in [4.78, 5) is 0. The first kappa shape index (κ1) is 17.7. The molecule has 26 heavy (non-hydrogen) atoms. The number of fused-ring (bicyclic) bond motifs is 1. The topological polar surface area (TPSA) is 102 Å². The van der Waals surface area contributed by atoms with Crippen molar-refractivity contribution in [2.75, 3.05) is 0 Å². The molecule has 0 aliphatic rings. The number of nitrogens with zero attached hydrogens (tertiary/aromatic N) is 5. The van der Waals surface area contributed by atoms with Crippen LogP contribution in [0.5, 0.6) is 5.75 Å². The van der Waals surface area contributed by atoms with E-state index < -0.39 is 21.4 Å². The van der Waals surface area contributed by atoms with Gasteiger partial charge in [-0.25, -0.2) is 4.52 Å². The summed E-state index contributed by atoms with van der Waals surface area (Å²) in [6.45, 7) is 2.41. The van der Waals surface area contributed by atoms with E-state index in [-0.39, 0.29) is 11.1 Å². The van der Waals surface area contributed by atoms with E-state index in [2.05, 4.69) is 14.4 Å². The highest BCUT2D eigenvalue weighted by atomic mass is 32.2. The summed E-state index contributed by atoms with van der Waals surface area (Å²) in [5.74, 6) is -0.655. The highest BCUT2D eigenvalue weighted by Crippen LogP contribution is 2.34. The van der Waals surface area contributed by atoms with E-state index in [9.17, 15) is 21.6 Å². The Morgan fingerprint density at radius 2 is 1.96 bits per heavy atom. The van der Waals surface area contributed by atoms with Crippen molar-refractivity contribution in [1.82, 2.24) is 19.4 Å². The third-order valence-corrected chi connectivity index (χ3v) is 4.44. The van der Waals surface area contributed by atoms with Crippen molar-refractivity contribution in [2.24, 2.45) is 0 Å². The number of halogens is 3. The van der Waals surface area contributed by atoms with Gasteiger partial charge in [0.15, 0.2) is 5.75 Å². The average molecular weight is 385 g/mol. The molecule has 3 heterocycles. The van der Waals surface area contributed by atoms with E-state index in [1.165, 1.54) is 12.4 Å². The maximum absolute atomic E-state index is 12.7. The number of hydrogen-bond donors (Lipinski definition) is 0. The van der Waals surface area contributed by atoms with E-state index in [4.69, 9.17) is 5.26 Å². The molecule has 0 fully saturated rings. The zero-order valence-corrected chi connectivity index (χ0v) is 13.9. The number of alkyl halides is 3. The molecule has 0 bridgehead atoms. The standard InChI is InChI=1S/C14H10F3N5O3S/c1-2-21-7-11(6-19-21)9-3-12(25-26(23,24)14(15,16)17)13-10(4-18)5-20-22(13)8-9/h3,5-8H,2H2,1H3. The monoisotopic (exact) mass is 385 g/mol. The number of aromatic nitrogens is 4. The summed E-state index contributed by atoms with van der Waals surface area (Å²) >= 11 is 0. The lowest BCUT2D eigenvalue weighted by Crippen LogP contribution is -2.28. The van der Waals surface area contributed by atoms with Crippen LogP contribution in [0, 0.1) is 11.3 Å². The van der Waals surface area contributed by atoms with Crippen LogP contribution in [0.25, 0.3) is 16.6 Å². The maximum Gasteiger partial charge on any atom is 0.534 e. The van der Waals surface area contributed by atoms with Crippen molar-refractivity contribution < 1.29 is 25.8 Å². The van der Waals surface area contributed by atoms with Crippen molar-refractivity contribution in [3.63, 3.8) is 0 Å². The lowest BCUT2D eigenvalue weighted by Gasteiger charge is -2.12. The number of hydrogen-bond acceptors (Lipinski definition) is 6. The van der Waals surface area contributed by atoms with Crippen molar-refractivity contribution in [3.05, 3.63) is 36.4 Å². The summed E-state index contributed by atoms with van der Waals surface area (Å²) in [7, 11) is -5.91. The van der Waals surface area contributed by atoms with Crippen molar-refractivity contribution >= 4 is 15.6 Å². The highest BCUT2D eigenvalue weighted by molar-refractivity contribution is 7.88. The summed E-state index contributed by atoms with van der Waals surface area (Å²) in [5, 5.41) is 17.0. The fourth-order valence-corrected chi connectivity index (χ4v) is 2.70. The van der Waals surface area contributed by atoms with Crippen LogP contribution in [0.2, 0.25) is 0 Å². The Kier molecular flexibility index (Phi) is 4.11. The highest BCUT2D eigenvalue weighted by Gasteiger charge is 2.49. The van der Waals surface area contributed by atoms with Gasteiger partial charge in [0.05, 0.1) is 12.4 Å². The minimum absolute atomic E-state index is 0.131. The molecule has 0 aliphatic heterocycles. The molecule has 3 rings (SSSR count). The number of nitriles is 1. The molecular weight excluding hydrogens is 375 g/mol. The van der Waals surface area contributed by atoms with Gasteiger partial charge in [0.25, 0.3) is 0 Å². The predicted molar refractivity (Wildman–Crippen MR) is 82.4 cm³/mol. The first-order chi connectivity index (χ1) is 12.2. The van der Waals surface area contributed by atoms with Crippen LogP contribution in [-0.2, 0) is 16.7 Å². The van der Waals surface area contributed by atoms with E-state index >= 15 is 0 Å². The van der Waals surface area contributed by atoms with Gasteiger partial charge in [0.1, 0.15) is 17.1 Å². The first-order valence-electron chi connectivity index (χ1n) is 7.11. The molecule has 3 aromatic rings. The van der Waals surface area contributed by atoms with Crippen molar-refractivity contribution in [3.8, 4) is 22.9 Å². The smallest absolute Gasteiger partial charge is 0.374 e. The Hall–Kier alpha value is -3.07. The Morgan fingerprint density at radius 3 is 2.54 bits per heavy atom. The normalized spacial score (nSPS) is 12.3. The molecule has 0 aromatic carbocycles. The lowest BCUT2D eigenvalue weighted by atomic mass is 10.1. The van der Waals surface area contributed by atoms with Gasteiger partial charge >= 0.3 is 15.6 Å². The van der Waals surface area contributed by atoms with Gasteiger partial charge in [-0.05, 0) is 13.0 Å². The summed E-state index contributed by atoms with van der Waals surface area (Å²) in [6.07, 6.45) is 5.61. The molecule has 3 aromatic heterocycles. The second-order valence-electron chi connectivity index (χ2n) is 5.12. The zero-order valence-electron chi connectivity index (χ0n) is 13.1. The molecule has 12 heteroatoms. The fraction of sp³-hybridized carbons (Fsp3) is 0.214. The minimum Gasteiger partial charge on any atom is -0.374 e. The average Bonchev–Trinajstić information content (AvgIpc) is 3.19. The minimum atomic E-state index is -5.91.